The molecule has 1 saturated heterocycles. The van der Waals surface area contributed by atoms with Crippen LogP contribution in [0.4, 0.5) is 0 Å². The van der Waals surface area contributed by atoms with E-state index in [1.807, 2.05) is 0 Å². The van der Waals surface area contributed by atoms with Crippen LogP contribution in [0.1, 0.15) is 45.4 Å². The average molecular weight is 363 g/mol. The average Bonchev–Trinajstić information content (AvgIpc) is 3.24. The van der Waals surface area contributed by atoms with E-state index in [4.69, 9.17) is 17.3 Å². The standard InChI is InChI=1S/C18H26N4S2/c1-2-21-17(16-10-6-12-24-16)19-22(18(21)23)13-20-11-5-8-14-7-3-4-9-15(14)20/h6,10,12,14-15H,2-5,7-9,11,13H2,1H3/t14-,15-/m0/s1. The van der Waals surface area contributed by atoms with Gasteiger partial charge in [-0.25, -0.2) is 4.68 Å². The zero-order valence-corrected chi connectivity index (χ0v) is 16.0. The number of likely N-dealkylation sites (tertiary alicyclic amines) is 1. The Kier molecular flexibility index (Phi) is 4.88. The molecule has 0 spiro atoms. The van der Waals surface area contributed by atoms with Crippen molar-refractivity contribution in [3.05, 3.63) is 22.3 Å². The second kappa shape index (κ2) is 7.10. The van der Waals surface area contributed by atoms with Crippen LogP contribution in [0.25, 0.3) is 10.7 Å². The lowest BCUT2D eigenvalue weighted by atomic mass is 9.78. The number of thiophene rings is 1. The molecule has 0 aromatic carbocycles. The molecule has 6 heteroatoms. The summed E-state index contributed by atoms with van der Waals surface area (Å²) >= 11 is 7.48. The van der Waals surface area contributed by atoms with Gasteiger partial charge in [-0.1, -0.05) is 18.9 Å². The van der Waals surface area contributed by atoms with Gasteiger partial charge in [-0.05, 0) is 62.2 Å². The van der Waals surface area contributed by atoms with Gasteiger partial charge in [0.15, 0.2) is 10.6 Å². The first-order valence-corrected chi connectivity index (χ1v) is 10.5. The lowest BCUT2D eigenvalue weighted by molar-refractivity contribution is 0.0323. The van der Waals surface area contributed by atoms with Crippen LogP contribution < -0.4 is 0 Å². The highest BCUT2D eigenvalue weighted by Gasteiger charge is 2.33. The summed E-state index contributed by atoms with van der Waals surface area (Å²) in [4.78, 5) is 3.85. The molecule has 1 aliphatic carbocycles. The number of aromatic nitrogens is 3. The predicted octanol–water partition coefficient (Wildman–Crippen LogP) is 4.77. The van der Waals surface area contributed by atoms with Crippen LogP contribution in [-0.4, -0.2) is 31.8 Å². The molecule has 3 heterocycles. The maximum Gasteiger partial charge on any atom is 0.199 e. The second-order valence-electron chi connectivity index (χ2n) is 7.04. The third-order valence-corrected chi connectivity index (χ3v) is 6.95. The van der Waals surface area contributed by atoms with E-state index in [9.17, 15) is 0 Å². The maximum absolute atomic E-state index is 5.74. The van der Waals surface area contributed by atoms with Crippen molar-refractivity contribution in [3.8, 4) is 10.7 Å². The Morgan fingerprint density at radius 1 is 1.25 bits per heavy atom. The van der Waals surface area contributed by atoms with Gasteiger partial charge in [0, 0.05) is 19.1 Å². The van der Waals surface area contributed by atoms with E-state index in [0.717, 1.165) is 35.8 Å². The molecule has 2 aliphatic rings. The summed E-state index contributed by atoms with van der Waals surface area (Å²) in [5.74, 6) is 1.92. The molecule has 4 nitrogen and oxygen atoms in total. The van der Waals surface area contributed by atoms with Gasteiger partial charge in [-0.2, -0.15) is 0 Å². The molecule has 0 bridgehead atoms. The second-order valence-corrected chi connectivity index (χ2v) is 8.35. The van der Waals surface area contributed by atoms with Crippen molar-refractivity contribution >= 4 is 23.6 Å². The normalized spacial score (nSPS) is 24.9. The Labute approximate surface area is 153 Å². The van der Waals surface area contributed by atoms with Gasteiger partial charge in [0.2, 0.25) is 0 Å². The summed E-state index contributed by atoms with van der Waals surface area (Å²) in [6, 6.07) is 4.96. The largest absolute Gasteiger partial charge is 0.300 e. The van der Waals surface area contributed by atoms with Crippen molar-refractivity contribution in [2.24, 2.45) is 5.92 Å². The van der Waals surface area contributed by atoms with Gasteiger partial charge < -0.3 is 0 Å². The van der Waals surface area contributed by atoms with Crippen molar-refractivity contribution in [3.63, 3.8) is 0 Å². The van der Waals surface area contributed by atoms with E-state index in [2.05, 4.69) is 38.6 Å². The number of hydrogen-bond acceptors (Lipinski definition) is 4. The fraction of sp³-hybridized carbons (Fsp3) is 0.667. The van der Waals surface area contributed by atoms with Crippen molar-refractivity contribution in [2.45, 2.75) is 64.7 Å². The molecule has 1 aliphatic heterocycles. The van der Waals surface area contributed by atoms with E-state index < -0.39 is 0 Å². The highest BCUT2D eigenvalue weighted by molar-refractivity contribution is 7.71. The summed E-state index contributed by atoms with van der Waals surface area (Å²) in [6.07, 6.45) is 8.30. The van der Waals surface area contributed by atoms with E-state index in [1.165, 1.54) is 49.9 Å². The Hall–Kier alpha value is -0.980. The third kappa shape index (κ3) is 3.00. The smallest absolute Gasteiger partial charge is 0.199 e. The van der Waals surface area contributed by atoms with Gasteiger partial charge in [0.1, 0.15) is 0 Å². The Morgan fingerprint density at radius 2 is 2.08 bits per heavy atom. The first-order chi connectivity index (χ1) is 11.8. The molecule has 4 rings (SSSR count). The van der Waals surface area contributed by atoms with Gasteiger partial charge in [0.25, 0.3) is 0 Å². The van der Waals surface area contributed by atoms with E-state index in [0.29, 0.717) is 0 Å². The fourth-order valence-corrected chi connectivity index (χ4v) is 5.51. The van der Waals surface area contributed by atoms with Crippen molar-refractivity contribution in [1.82, 2.24) is 19.2 Å². The Morgan fingerprint density at radius 3 is 2.88 bits per heavy atom. The van der Waals surface area contributed by atoms with Crippen molar-refractivity contribution in [1.29, 1.82) is 0 Å². The molecular formula is C18H26N4S2. The molecule has 0 N–H and O–H groups in total. The molecule has 2 aromatic rings. The van der Waals surface area contributed by atoms with Gasteiger partial charge in [0.05, 0.1) is 11.5 Å². The van der Waals surface area contributed by atoms with Crippen LogP contribution in [0.15, 0.2) is 17.5 Å². The molecule has 2 aromatic heterocycles. The SMILES string of the molecule is CCn1c(-c2cccs2)nn(CN2CCC[C@@H]3CCCC[C@@H]32)c1=S. The number of hydrogen-bond donors (Lipinski definition) is 0. The van der Waals surface area contributed by atoms with E-state index in [1.54, 1.807) is 11.3 Å². The topological polar surface area (TPSA) is 26.0 Å². The van der Waals surface area contributed by atoms with Crippen LogP contribution >= 0.6 is 23.6 Å². The summed E-state index contributed by atoms with van der Waals surface area (Å²) < 4.78 is 5.09. The Balaban J connectivity index is 1.61. The lowest BCUT2D eigenvalue weighted by Crippen LogP contribution is -2.47. The first-order valence-electron chi connectivity index (χ1n) is 9.23. The number of fused-ring (bicyclic) bond motifs is 1. The van der Waals surface area contributed by atoms with Crippen LogP contribution in [-0.2, 0) is 13.2 Å². The predicted molar refractivity (Wildman–Crippen MR) is 102 cm³/mol. The highest BCUT2D eigenvalue weighted by atomic mass is 32.1. The minimum atomic E-state index is 0.742. The quantitative estimate of drug-likeness (QED) is 0.733. The molecule has 130 valence electrons. The number of rotatable bonds is 4. The summed E-state index contributed by atoms with van der Waals surface area (Å²) in [6.45, 7) is 5.07. The summed E-state index contributed by atoms with van der Waals surface area (Å²) in [5.41, 5.74) is 0. The number of nitrogens with zero attached hydrogens (tertiary/aromatic N) is 4. The minimum absolute atomic E-state index is 0.742. The van der Waals surface area contributed by atoms with E-state index >= 15 is 0 Å². The fourth-order valence-electron chi connectivity index (χ4n) is 4.48. The minimum Gasteiger partial charge on any atom is -0.300 e. The molecule has 24 heavy (non-hydrogen) atoms. The van der Waals surface area contributed by atoms with Crippen LogP contribution in [0.2, 0.25) is 0 Å². The van der Waals surface area contributed by atoms with Crippen LogP contribution in [0.3, 0.4) is 0 Å². The first kappa shape index (κ1) is 16.5. The zero-order valence-electron chi connectivity index (χ0n) is 14.4. The Bertz CT molecular complexity index is 729. The monoisotopic (exact) mass is 362 g/mol. The molecule has 2 atom stereocenters. The van der Waals surface area contributed by atoms with Gasteiger partial charge in [-0.3, -0.25) is 9.47 Å². The highest BCUT2D eigenvalue weighted by Crippen LogP contribution is 2.35. The maximum atomic E-state index is 5.74. The van der Waals surface area contributed by atoms with Crippen LogP contribution in [0, 0.1) is 10.7 Å². The van der Waals surface area contributed by atoms with Gasteiger partial charge >= 0.3 is 0 Å². The van der Waals surface area contributed by atoms with Gasteiger partial charge in [-0.15, -0.1) is 16.4 Å². The lowest BCUT2D eigenvalue weighted by Gasteiger charge is -2.43. The molecule has 0 amide bonds. The van der Waals surface area contributed by atoms with Crippen molar-refractivity contribution < 1.29 is 0 Å². The zero-order chi connectivity index (χ0) is 16.5. The molecule has 0 unspecified atom stereocenters. The molecule has 0 radical (unpaired) electrons. The van der Waals surface area contributed by atoms with E-state index in [-0.39, 0.29) is 0 Å². The summed E-state index contributed by atoms with van der Waals surface area (Å²) in [5, 5.41) is 7.00. The molecular weight excluding hydrogens is 336 g/mol. The van der Waals surface area contributed by atoms with Crippen LogP contribution in [0.5, 0.6) is 0 Å². The van der Waals surface area contributed by atoms with Crippen molar-refractivity contribution in [2.75, 3.05) is 6.54 Å². The molecule has 1 saturated carbocycles. The summed E-state index contributed by atoms with van der Waals surface area (Å²) in [7, 11) is 0. The molecule has 2 fully saturated rings. The third-order valence-electron chi connectivity index (χ3n) is 5.65. The number of piperidine rings is 1.